The highest BCUT2D eigenvalue weighted by molar-refractivity contribution is 5.90. The Morgan fingerprint density at radius 3 is 2.67 bits per heavy atom. The summed E-state index contributed by atoms with van der Waals surface area (Å²) >= 11 is 0. The number of hydrogen-bond donors (Lipinski definition) is 3. The summed E-state index contributed by atoms with van der Waals surface area (Å²) in [5.41, 5.74) is 6.91. The van der Waals surface area contributed by atoms with Crippen LogP contribution in [0.1, 0.15) is 26.2 Å². The number of H-pyrrole nitrogens is 1. The van der Waals surface area contributed by atoms with Crippen molar-refractivity contribution >= 4 is 11.6 Å². The van der Waals surface area contributed by atoms with Crippen LogP contribution in [0.3, 0.4) is 0 Å². The summed E-state index contributed by atoms with van der Waals surface area (Å²) < 4.78 is 1.49. The van der Waals surface area contributed by atoms with Gasteiger partial charge in [0.2, 0.25) is 5.91 Å². The molecule has 1 aromatic carbocycles. The van der Waals surface area contributed by atoms with Crippen molar-refractivity contribution in [3.63, 3.8) is 0 Å². The summed E-state index contributed by atoms with van der Waals surface area (Å²) in [7, 11) is 0. The highest BCUT2D eigenvalue weighted by Gasteiger charge is 2.04. The summed E-state index contributed by atoms with van der Waals surface area (Å²) in [6.45, 7) is 1.93. The van der Waals surface area contributed by atoms with Gasteiger partial charge in [0.05, 0.1) is 5.69 Å². The van der Waals surface area contributed by atoms with Crippen LogP contribution in [0.25, 0.3) is 5.69 Å². The fraction of sp³-hybridized carbons (Fsp3) is 0.333. The van der Waals surface area contributed by atoms with E-state index in [4.69, 9.17) is 5.73 Å². The van der Waals surface area contributed by atoms with E-state index in [1.165, 1.54) is 4.57 Å². The van der Waals surface area contributed by atoms with Crippen LogP contribution in [0.4, 0.5) is 5.69 Å². The third-order valence-corrected chi connectivity index (χ3v) is 3.14. The van der Waals surface area contributed by atoms with Gasteiger partial charge >= 0.3 is 5.69 Å². The normalized spacial score (nSPS) is 12.1. The predicted molar refractivity (Wildman–Crippen MR) is 82.5 cm³/mol. The van der Waals surface area contributed by atoms with Crippen molar-refractivity contribution < 1.29 is 4.79 Å². The first-order chi connectivity index (χ1) is 10.1. The Morgan fingerprint density at radius 2 is 2.10 bits per heavy atom. The van der Waals surface area contributed by atoms with Crippen LogP contribution in [0, 0.1) is 0 Å². The monoisotopic (exact) mass is 288 g/mol. The molecule has 0 saturated carbocycles. The number of aromatic amines is 1. The summed E-state index contributed by atoms with van der Waals surface area (Å²) in [6, 6.07) is 7.24. The SMILES string of the molecule is CC(N)CCCC(=O)Nc1ccc(-n2cc[nH]c2=O)cc1. The van der Waals surface area contributed by atoms with E-state index in [1.54, 1.807) is 36.7 Å². The molecule has 1 atom stereocenters. The summed E-state index contributed by atoms with van der Waals surface area (Å²) in [5.74, 6) is -0.0257. The molecule has 0 spiro atoms. The molecule has 0 bridgehead atoms. The second-order valence-electron chi connectivity index (χ2n) is 5.10. The number of imidazole rings is 1. The van der Waals surface area contributed by atoms with Crippen LogP contribution in [0.2, 0.25) is 0 Å². The molecular weight excluding hydrogens is 268 g/mol. The molecule has 0 aliphatic rings. The molecule has 2 rings (SSSR count). The number of nitrogens with one attached hydrogen (secondary N) is 2. The maximum Gasteiger partial charge on any atom is 0.330 e. The Kier molecular flexibility index (Phi) is 4.94. The minimum Gasteiger partial charge on any atom is -0.328 e. The van der Waals surface area contributed by atoms with Crippen LogP contribution in [0.5, 0.6) is 0 Å². The number of benzene rings is 1. The molecule has 0 saturated heterocycles. The molecule has 0 fully saturated rings. The topological polar surface area (TPSA) is 92.9 Å². The Balaban J connectivity index is 1.92. The molecule has 4 N–H and O–H groups in total. The summed E-state index contributed by atoms with van der Waals surface area (Å²) in [4.78, 5) is 25.8. The predicted octanol–water partition coefficient (Wildman–Crippen LogP) is 1.62. The van der Waals surface area contributed by atoms with Gasteiger partial charge in [-0.1, -0.05) is 0 Å². The number of aromatic nitrogens is 2. The minimum absolute atomic E-state index is 0.0257. The largest absolute Gasteiger partial charge is 0.330 e. The lowest BCUT2D eigenvalue weighted by atomic mass is 10.1. The molecule has 6 nitrogen and oxygen atoms in total. The third-order valence-electron chi connectivity index (χ3n) is 3.14. The molecule has 0 aliphatic heterocycles. The van der Waals surface area contributed by atoms with Crippen molar-refractivity contribution in [3.8, 4) is 5.69 Å². The fourth-order valence-corrected chi connectivity index (χ4v) is 2.04. The Hall–Kier alpha value is -2.34. The average Bonchev–Trinajstić information content (AvgIpc) is 2.85. The standard InChI is InChI=1S/C15H20N4O2/c1-11(16)3-2-4-14(20)18-12-5-7-13(8-6-12)19-10-9-17-15(19)21/h5-11H,2-4,16H2,1H3,(H,17,21)(H,18,20). The highest BCUT2D eigenvalue weighted by atomic mass is 16.2. The van der Waals surface area contributed by atoms with E-state index < -0.39 is 0 Å². The minimum atomic E-state index is -0.192. The van der Waals surface area contributed by atoms with Crippen molar-refractivity contribution in [2.45, 2.75) is 32.2 Å². The average molecular weight is 288 g/mol. The number of rotatable bonds is 6. The number of carbonyl (C=O) groups is 1. The molecule has 0 radical (unpaired) electrons. The molecule has 1 aromatic heterocycles. The van der Waals surface area contributed by atoms with Gasteiger partial charge in [0, 0.05) is 30.5 Å². The summed E-state index contributed by atoms with van der Waals surface area (Å²) in [6.07, 6.45) is 5.31. The number of hydrogen-bond acceptors (Lipinski definition) is 3. The van der Waals surface area contributed by atoms with E-state index in [-0.39, 0.29) is 17.6 Å². The van der Waals surface area contributed by atoms with Crippen LogP contribution >= 0.6 is 0 Å². The zero-order chi connectivity index (χ0) is 15.2. The van der Waals surface area contributed by atoms with Crippen LogP contribution in [-0.4, -0.2) is 21.5 Å². The van der Waals surface area contributed by atoms with E-state index in [0.717, 1.165) is 18.5 Å². The number of nitrogens with two attached hydrogens (primary N) is 1. The first-order valence-electron chi connectivity index (χ1n) is 6.98. The number of anilines is 1. The maximum atomic E-state index is 11.7. The number of nitrogens with zero attached hydrogens (tertiary/aromatic N) is 1. The van der Waals surface area contributed by atoms with E-state index in [0.29, 0.717) is 12.1 Å². The molecule has 1 heterocycles. The van der Waals surface area contributed by atoms with Crippen molar-refractivity contribution in [3.05, 3.63) is 47.1 Å². The quantitative estimate of drug-likeness (QED) is 0.754. The lowest BCUT2D eigenvalue weighted by Crippen LogP contribution is -2.17. The van der Waals surface area contributed by atoms with E-state index in [2.05, 4.69) is 10.3 Å². The first-order valence-corrected chi connectivity index (χ1v) is 6.98. The smallest absolute Gasteiger partial charge is 0.328 e. The number of amides is 1. The third kappa shape index (κ3) is 4.32. The van der Waals surface area contributed by atoms with Crippen molar-refractivity contribution in [1.29, 1.82) is 0 Å². The van der Waals surface area contributed by atoms with Gasteiger partial charge in [0.1, 0.15) is 0 Å². The molecule has 2 aromatic rings. The molecular formula is C15H20N4O2. The molecule has 112 valence electrons. The number of carbonyl (C=O) groups excluding carboxylic acids is 1. The highest BCUT2D eigenvalue weighted by Crippen LogP contribution is 2.12. The summed E-state index contributed by atoms with van der Waals surface area (Å²) in [5, 5.41) is 2.83. The maximum absolute atomic E-state index is 11.7. The fourth-order valence-electron chi connectivity index (χ4n) is 2.04. The molecule has 21 heavy (non-hydrogen) atoms. The van der Waals surface area contributed by atoms with E-state index in [9.17, 15) is 9.59 Å². The van der Waals surface area contributed by atoms with Gasteiger partial charge in [-0.25, -0.2) is 4.79 Å². The Labute approximate surface area is 123 Å². The van der Waals surface area contributed by atoms with Gasteiger partial charge in [-0.2, -0.15) is 0 Å². The van der Waals surface area contributed by atoms with Crippen molar-refractivity contribution in [2.24, 2.45) is 5.73 Å². The van der Waals surface area contributed by atoms with E-state index >= 15 is 0 Å². The van der Waals surface area contributed by atoms with Gasteiger partial charge in [-0.15, -0.1) is 0 Å². The van der Waals surface area contributed by atoms with Gasteiger partial charge in [0.15, 0.2) is 0 Å². The van der Waals surface area contributed by atoms with Gasteiger partial charge in [0.25, 0.3) is 0 Å². The zero-order valence-electron chi connectivity index (χ0n) is 12.0. The lowest BCUT2D eigenvalue weighted by Gasteiger charge is -2.07. The molecule has 1 unspecified atom stereocenters. The Bertz CT molecular complexity index is 640. The molecule has 1 amide bonds. The Morgan fingerprint density at radius 1 is 1.38 bits per heavy atom. The van der Waals surface area contributed by atoms with Gasteiger partial charge in [-0.3, -0.25) is 9.36 Å². The first kappa shape index (κ1) is 15.1. The van der Waals surface area contributed by atoms with Crippen molar-refractivity contribution in [2.75, 3.05) is 5.32 Å². The van der Waals surface area contributed by atoms with Gasteiger partial charge < -0.3 is 16.0 Å². The second-order valence-corrected chi connectivity index (χ2v) is 5.10. The van der Waals surface area contributed by atoms with Crippen LogP contribution in [0.15, 0.2) is 41.5 Å². The van der Waals surface area contributed by atoms with Crippen LogP contribution < -0.4 is 16.7 Å². The van der Waals surface area contributed by atoms with Gasteiger partial charge in [-0.05, 0) is 44.0 Å². The molecule has 0 aliphatic carbocycles. The second kappa shape index (κ2) is 6.90. The van der Waals surface area contributed by atoms with E-state index in [1.807, 2.05) is 6.92 Å². The van der Waals surface area contributed by atoms with Crippen molar-refractivity contribution in [1.82, 2.24) is 9.55 Å². The zero-order valence-corrected chi connectivity index (χ0v) is 12.0. The molecule has 6 heteroatoms. The lowest BCUT2D eigenvalue weighted by molar-refractivity contribution is -0.116. The van der Waals surface area contributed by atoms with Crippen LogP contribution in [-0.2, 0) is 4.79 Å².